The average Bonchev–Trinajstić information content (AvgIpc) is 2.41. The van der Waals surface area contributed by atoms with Crippen molar-refractivity contribution in [3.05, 3.63) is 64.4 Å². The summed E-state index contributed by atoms with van der Waals surface area (Å²) in [4.78, 5) is 4.43. The summed E-state index contributed by atoms with van der Waals surface area (Å²) in [6.07, 6.45) is 1.07. The average molecular weight is 305 g/mol. The summed E-state index contributed by atoms with van der Waals surface area (Å²) in [6.45, 7) is 2.98. The van der Waals surface area contributed by atoms with Crippen molar-refractivity contribution in [1.82, 2.24) is 10.3 Å². The van der Waals surface area contributed by atoms with Crippen molar-refractivity contribution in [1.29, 1.82) is 0 Å². The molecule has 18 heavy (non-hydrogen) atoms. The largest absolute Gasteiger partial charge is 0.304 e. The molecule has 0 bridgehead atoms. The fourth-order valence-corrected chi connectivity index (χ4v) is 2.34. The predicted molar refractivity (Wildman–Crippen MR) is 78.3 cm³/mol. The molecular formula is C15H17BrN2. The highest BCUT2D eigenvalue weighted by molar-refractivity contribution is 9.10. The van der Waals surface area contributed by atoms with Gasteiger partial charge < -0.3 is 5.32 Å². The first-order valence-corrected chi connectivity index (χ1v) is 6.98. The number of rotatable bonds is 5. The molecule has 0 aliphatic rings. The molecule has 1 unspecified atom stereocenters. The number of halogens is 1. The van der Waals surface area contributed by atoms with Crippen molar-refractivity contribution >= 4 is 15.9 Å². The van der Waals surface area contributed by atoms with E-state index in [9.17, 15) is 0 Å². The molecule has 1 N–H and O–H groups in total. The third-order valence-corrected chi connectivity index (χ3v) is 3.35. The molecular weight excluding hydrogens is 288 g/mol. The molecule has 3 heteroatoms. The van der Waals surface area contributed by atoms with Gasteiger partial charge in [0, 0.05) is 12.6 Å². The summed E-state index contributed by atoms with van der Waals surface area (Å²) in [5.74, 6) is 0. The van der Waals surface area contributed by atoms with Gasteiger partial charge >= 0.3 is 0 Å². The summed E-state index contributed by atoms with van der Waals surface area (Å²) in [6, 6.07) is 16.9. The smallest absolute Gasteiger partial charge is 0.106 e. The SMILES string of the molecule is CCC(NCc1cccc(Br)n1)c1ccccc1. The van der Waals surface area contributed by atoms with Crippen molar-refractivity contribution in [2.45, 2.75) is 25.9 Å². The molecule has 2 nitrogen and oxygen atoms in total. The van der Waals surface area contributed by atoms with Crippen molar-refractivity contribution in [3.8, 4) is 0 Å². The van der Waals surface area contributed by atoms with Crippen LogP contribution in [-0.4, -0.2) is 4.98 Å². The van der Waals surface area contributed by atoms with Crippen molar-refractivity contribution in [2.24, 2.45) is 0 Å². The van der Waals surface area contributed by atoms with Crippen LogP contribution in [0, 0.1) is 0 Å². The van der Waals surface area contributed by atoms with Crippen LogP contribution in [0.1, 0.15) is 30.6 Å². The number of benzene rings is 1. The molecule has 1 heterocycles. The zero-order chi connectivity index (χ0) is 12.8. The number of pyridine rings is 1. The van der Waals surface area contributed by atoms with Crippen molar-refractivity contribution in [2.75, 3.05) is 0 Å². The van der Waals surface area contributed by atoms with E-state index in [1.54, 1.807) is 0 Å². The summed E-state index contributed by atoms with van der Waals surface area (Å²) in [5.41, 5.74) is 2.38. The van der Waals surface area contributed by atoms with Gasteiger partial charge in [-0.1, -0.05) is 43.3 Å². The zero-order valence-electron chi connectivity index (χ0n) is 10.4. The van der Waals surface area contributed by atoms with E-state index in [2.05, 4.69) is 57.4 Å². The maximum Gasteiger partial charge on any atom is 0.106 e. The molecule has 0 saturated carbocycles. The van der Waals surface area contributed by atoms with E-state index in [4.69, 9.17) is 0 Å². The second kappa shape index (κ2) is 6.66. The second-order valence-electron chi connectivity index (χ2n) is 4.20. The van der Waals surface area contributed by atoms with Crippen LogP contribution in [0.5, 0.6) is 0 Å². The van der Waals surface area contributed by atoms with Gasteiger partial charge in [0.15, 0.2) is 0 Å². The Kier molecular flexibility index (Phi) is 4.90. The van der Waals surface area contributed by atoms with Crippen LogP contribution in [-0.2, 0) is 6.54 Å². The minimum absolute atomic E-state index is 0.381. The van der Waals surface area contributed by atoms with Gasteiger partial charge in [0.05, 0.1) is 5.69 Å². The molecule has 2 aromatic rings. The normalized spacial score (nSPS) is 12.3. The lowest BCUT2D eigenvalue weighted by Gasteiger charge is -2.17. The van der Waals surface area contributed by atoms with Crippen LogP contribution in [0.3, 0.4) is 0 Å². The second-order valence-corrected chi connectivity index (χ2v) is 5.02. The van der Waals surface area contributed by atoms with Crippen LogP contribution in [0.2, 0.25) is 0 Å². The van der Waals surface area contributed by atoms with E-state index in [0.717, 1.165) is 23.3 Å². The fourth-order valence-electron chi connectivity index (χ4n) is 1.96. The van der Waals surface area contributed by atoms with Gasteiger partial charge in [-0.3, -0.25) is 0 Å². The Morgan fingerprint density at radius 1 is 1.11 bits per heavy atom. The van der Waals surface area contributed by atoms with Gasteiger partial charge in [-0.05, 0) is 40.0 Å². The minimum atomic E-state index is 0.381. The predicted octanol–water partition coefficient (Wildman–Crippen LogP) is 4.09. The maximum atomic E-state index is 4.43. The standard InChI is InChI=1S/C15H17BrN2/c1-2-14(12-7-4-3-5-8-12)17-11-13-9-6-10-15(16)18-13/h3-10,14,17H,2,11H2,1H3. The maximum absolute atomic E-state index is 4.43. The highest BCUT2D eigenvalue weighted by Gasteiger charge is 2.08. The Balaban J connectivity index is 2.00. The van der Waals surface area contributed by atoms with E-state index >= 15 is 0 Å². The Bertz CT molecular complexity index is 485. The van der Waals surface area contributed by atoms with Gasteiger partial charge in [-0.25, -0.2) is 4.98 Å². The molecule has 1 aromatic heterocycles. The van der Waals surface area contributed by atoms with Crippen LogP contribution in [0.4, 0.5) is 0 Å². The van der Waals surface area contributed by atoms with Crippen molar-refractivity contribution < 1.29 is 0 Å². The summed E-state index contributed by atoms with van der Waals surface area (Å²) < 4.78 is 0.884. The molecule has 0 spiro atoms. The van der Waals surface area contributed by atoms with Crippen LogP contribution in [0.15, 0.2) is 53.1 Å². The molecule has 0 aliphatic heterocycles. The summed E-state index contributed by atoms with van der Waals surface area (Å²) in [7, 11) is 0. The molecule has 0 saturated heterocycles. The van der Waals surface area contributed by atoms with E-state index in [1.807, 2.05) is 24.3 Å². The number of nitrogens with zero attached hydrogens (tertiary/aromatic N) is 1. The molecule has 0 radical (unpaired) electrons. The van der Waals surface area contributed by atoms with Gasteiger partial charge in [0.2, 0.25) is 0 Å². The van der Waals surface area contributed by atoms with Crippen LogP contribution < -0.4 is 5.32 Å². The first-order valence-electron chi connectivity index (χ1n) is 6.19. The van der Waals surface area contributed by atoms with Gasteiger partial charge in [0.1, 0.15) is 4.60 Å². The molecule has 1 aromatic carbocycles. The molecule has 0 amide bonds. The van der Waals surface area contributed by atoms with Crippen LogP contribution >= 0.6 is 15.9 Å². The third kappa shape index (κ3) is 3.65. The van der Waals surface area contributed by atoms with Gasteiger partial charge in [-0.2, -0.15) is 0 Å². The first-order chi connectivity index (χ1) is 8.79. The lowest BCUT2D eigenvalue weighted by molar-refractivity contribution is 0.514. The van der Waals surface area contributed by atoms with Gasteiger partial charge in [-0.15, -0.1) is 0 Å². The summed E-state index contributed by atoms with van der Waals surface area (Å²) >= 11 is 3.39. The number of hydrogen-bond donors (Lipinski definition) is 1. The Hall–Kier alpha value is -1.19. The topological polar surface area (TPSA) is 24.9 Å². The molecule has 1 atom stereocenters. The van der Waals surface area contributed by atoms with Gasteiger partial charge in [0.25, 0.3) is 0 Å². The Morgan fingerprint density at radius 3 is 2.56 bits per heavy atom. The zero-order valence-corrected chi connectivity index (χ0v) is 12.0. The monoisotopic (exact) mass is 304 g/mol. The highest BCUT2D eigenvalue weighted by atomic mass is 79.9. The molecule has 0 aliphatic carbocycles. The fraction of sp³-hybridized carbons (Fsp3) is 0.267. The molecule has 94 valence electrons. The third-order valence-electron chi connectivity index (χ3n) is 2.91. The van der Waals surface area contributed by atoms with E-state index in [0.29, 0.717) is 6.04 Å². The minimum Gasteiger partial charge on any atom is -0.304 e. The van der Waals surface area contributed by atoms with E-state index in [1.165, 1.54) is 5.56 Å². The number of nitrogens with one attached hydrogen (secondary N) is 1. The van der Waals surface area contributed by atoms with Crippen LogP contribution in [0.25, 0.3) is 0 Å². The lowest BCUT2D eigenvalue weighted by atomic mass is 10.0. The van der Waals surface area contributed by atoms with E-state index in [-0.39, 0.29) is 0 Å². The Labute approximate surface area is 117 Å². The summed E-state index contributed by atoms with van der Waals surface area (Å²) in [5, 5.41) is 3.55. The number of hydrogen-bond acceptors (Lipinski definition) is 2. The molecule has 0 fully saturated rings. The quantitative estimate of drug-likeness (QED) is 0.842. The number of aromatic nitrogens is 1. The highest BCUT2D eigenvalue weighted by Crippen LogP contribution is 2.16. The Morgan fingerprint density at radius 2 is 1.89 bits per heavy atom. The lowest BCUT2D eigenvalue weighted by Crippen LogP contribution is -2.20. The van der Waals surface area contributed by atoms with Crippen molar-refractivity contribution in [3.63, 3.8) is 0 Å². The first kappa shape index (κ1) is 13.2. The molecule has 2 rings (SSSR count). The van der Waals surface area contributed by atoms with E-state index < -0.39 is 0 Å².